The van der Waals surface area contributed by atoms with E-state index < -0.39 is 0 Å². The lowest BCUT2D eigenvalue weighted by Crippen LogP contribution is -2.63. The van der Waals surface area contributed by atoms with Crippen molar-refractivity contribution in [3.8, 4) is 0 Å². The van der Waals surface area contributed by atoms with Gasteiger partial charge in [0.25, 0.3) is 0 Å². The number of hydrogen-bond acceptors (Lipinski definition) is 4. The van der Waals surface area contributed by atoms with E-state index in [2.05, 4.69) is 6.92 Å². The van der Waals surface area contributed by atoms with Crippen LogP contribution in [0.3, 0.4) is 0 Å². The first kappa shape index (κ1) is 13.0. The summed E-state index contributed by atoms with van der Waals surface area (Å²) >= 11 is 0. The Morgan fingerprint density at radius 3 is 2.82 bits per heavy atom. The molecule has 2 fully saturated rings. The largest absolute Gasteiger partial charge is 0.351 e. The van der Waals surface area contributed by atoms with E-state index in [0.29, 0.717) is 18.3 Å². The summed E-state index contributed by atoms with van der Waals surface area (Å²) in [6.45, 7) is 3.90. The van der Waals surface area contributed by atoms with Crippen LogP contribution in [0, 0.1) is 11.8 Å². The van der Waals surface area contributed by atoms with Crippen LogP contribution in [0.1, 0.15) is 46.0 Å². The summed E-state index contributed by atoms with van der Waals surface area (Å²) < 4.78 is 5.32. The number of carbonyl (C=O) groups is 1. The van der Waals surface area contributed by atoms with Gasteiger partial charge < -0.3 is 9.53 Å². The van der Waals surface area contributed by atoms with Crippen LogP contribution in [0.5, 0.6) is 0 Å². The van der Waals surface area contributed by atoms with Crippen LogP contribution in [-0.2, 0) is 19.3 Å². The second-order valence-electron chi connectivity index (χ2n) is 5.52. The third kappa shape index (κ3) is 2.39. The first-order valence-corrected chi connectivity index (χ1v) is 6.45. The van der Waals surface area contributed by atoms with Crippen molar-refractivity contribution in [2.75, 3.05) is 7.11 Å². The Labute approximate surface area is 103 Å². The molecule has 1 aliphatic carbocycles. The van der Waals surface area contributed by atoms with Crippen molar-refractivity contribution in [1.82, 2.24) is 0 Å². The van der Waals surface area contributed by atoms with E-state index in [1.54, 1.807) is 14.0 Å². The van der Waals surface area contributed by atoms with Crippen LogP contribution in [-0.4, -0.2) is 24.8 Å². The zero-order valence-corrected chi connectivity index (χ0v) is 10.9. The van der Waals surface area contributed by atoms with Crippen molar-refractivity contribution >= 4 is 5.78 Å². The van der Waals surface area contributed by atoms with E-state index >= 15 is 0 Å². The predicted octanol–water partition coefficient (Wildman–Crippen LogP) is 2.46. The van der Waals surface area contributed by atoms with Crippen LogP contribution in [0.25, 0.3) is 0 Å². The van der Waals surface area contributed by atoms with Gasteiger partial charge in [-0.3, -0.25) is 0 Å². The van der Waals surface area contributed by atoms with Crippen LogP contribution < -0.4 is 0 Å². The molecule has 4 atom stereocenters. The summed E-state index contributed by atoms with van der Waals surface area (Å²) in [6, 6.07) is 0. The minimum Gasteiger partial charge on any atom is -0.351 e. The molecule has 0 bridgehead atoms. The van der Waals surface area contributed by atoms with E-state index in [9.17, 15) is 4.79 Å². The van der Waals surface area contributed by atoms with E-state index in [0.717, 1.165) is 25.7 Å². The molecule has 0 aromatic carbocycles. The van der Waals surface area contributed by atoms with Gasteiger partial charge in [-0.25, -0.2) is 9.78 Å². The van der Waals surface area contributed by atoms with Gasteiger partial charge in [0.1, 0.15) is 5.78 Å². The van der Waals surface area contributed by atoms with E-state index in [-0.39, 0.29) is 17.7 Å². The summed E-state index contributed by atoms with van der Waals surface area (Å²) in [6.07, 6.45) is 4.44. The van der Waals surface area contributed by atoms with Crippen LogP contribution in [0.15, 0.2) is 0 Å². The fraction of sp³-hybridized carbons (Fsp3) is 0.923. The molecule has 0 radical (unpaired) electrons. The molecule has 4 nitrogen and oxygen atoms in total. The zero-order chi connectivity index (χ0) is 12.5. The Hall–Kier alpha value is -0.450. The smallest absolute Gasteiger partial charge is 0.223 e. The number of Topliss-reactive ketones (excluding diaryl/α,β-unsaturated/α-hetero) is 1. The minimum absolute atomic E-state index is 0.243. The highest BCUT2D eigenvalue weighted by Crippen LogP contribution is 2.50. The van der Waals surface area contributed by atoms with Gasteiger partial charge in [-0.2, -0.15) is 0 Å². The van der Waals surface area contributed by atoms with Gasteiger partial charge in [0.2, 0.25) is 6.29 Å². The third-order valence-corrected chi connectivity index (χ3v) is 4.15. The maximum atomic E-state index is 11.1. The number of rotatable bonds is 4. The van der Waals surface area contributed by atoms with Crippen LogP contribution >= 0.6 is 0 Å². The fourth-order valence-electron chi connectivity index (χ4n) is 3.09. The zero-order valence-electron chi connectivity index (χ0n) is 10.9. The SMILES string of the molecule is COC1OOC12CCC(C)C[C@H]2CCC(C)=O. The van der Waals surface area contributed by atoms with Crippen molar-refractivity contribution in [2.45, 2.75) is 57.8 Å². The Kier molecular flexibility index (Phi) is 3.85. The fourth-order valence-corrected chi connectivity index (χ4v) is 3.09. The third-order valence-electron chi connectivity index (χ3n) is 4.15. The van der Waals surface area contributed by atoms with Gasteiger partial charge >= 0.3 is 0 Å². The summed E-state index contributed by atoms with van der Waals surface area (Å²) in [5, 5.41) is 0. The van der Waals surface area contributed by atoms with Crippen molar-refractivity contribution in [3.05, 3.63) is 0 Å². The topological polar surface area (TPSA) is 44.8 Å². The van der Waals surface area contributed by atoms with Crippen LogP contribution in [0.2, 0.25) is 0 Å². The molecule has 3 unspecified atom stereocenters. The molecule has 0 N–H and O–H groups in total. The number of ketones is 1. The summed E-state index contributed by atoms with van der Waals surface area (Å²) in [5.74, 6) is 1.31. The highest BCUT2D eigenvalue weighted by atomic mass is 17.3. The van der Waals surface area contributed by atoms with Gasteiger partial charge in [0.05, 0.1) is 0 Å². The summed E-state index contributed by atoms with van der Waals surface area (Å²) in [4.78, 5) is 21.6. The van der Waals surface area contributed by atoms with E-state index in [1.165, 1.54) is 0 Å². The van der Waals surface area contributed by atoms with Gasteiger partial charge in [-0.15, -0.1) is 0 Å². The molecule has 98 valence electrons. The Morgan fingerprint density at radius 1 is 1.53 bits per heavy atom. The molecular weight excluding hydrogens is 220 g/mol. The molecule has 4 heteroatoms. The summed E-state index contributed by atoms with van der Waals surface area (Å²) in [5.41, 5.74) is -0.295. The monoisotopic (exact) mass is 242 g/mol. The molecule has 0 amide bonds. The lowest BCUT2D eigenvalue weighted by atomic mass is 9.68. The molecule has 1 saturated carbocycles. The number of methoxy groups -OCH3 is 1. The summed E-state index contributed by atoms with van der Waals surface area (Å²) in [7, 11) is 1.65. The number of ether oxygens (including phenoxy) is 1. The molecule has 1 saturated heterocycles. The standard InChI is InChI=1S/C13H22O4/c1-9-6-7-13(12(15-3)16-17-13)11(8-9)5-4-10(2)14/h9,11-12H,4-8H2,1-3H3/t9?,11-,12?,13?/m1/s1. The lowest BCUT2D eigenvalue weighted by Gasteiger charge is -2.53. The van der Waals surface area contributed by atoms with Gasteiger partial charge in [-0.1, -0.05) is 6.92 Å². The molecule has 1 heterocycles. The molecule has 2 aliphatic rings. The predicted molar refractivity (Wildman–Crippen MR) is 62.1 cm³/mol. The minimum atomic E-state index is -0.295. The number of carbonyl (C=O) groups excluding carboxylic acids is 1. The molecule has 17 heavy (non-hydrogen) atoms. The highest BCUT2D eigenvalue weighted by molar-refractivity contribution is 5.75. The molecule has 1 spiro atoms. The van der Waals surface area contributed by atoms with Crippen molar-refractivity contribution in [2.24, 2.45) is 11.8 Å². The second kappa shape index (κ2) is 5.04. The average molecular weight is 242 g/mol. The van der Waals surface area contributed by atoms with Crippen molar-refractivity contribution < 1.29 is 19.3 Å². The Morgan fingerprint density at radius 2 is 2.29 bits per heavy atom. The van der Waals surface area contributed by atoms with Crippen LogP contribution in [0.4, 0.5) is 0 Å². The highest BCUT2D eigenvalue weighted by Gasteiger charge is 2.58. The normalized spacial score (nSPS) is 41.2. The van der Waals surface area contributed by atoms with E-state index in [4.69, 9.17) is 14.5 Å². The van der Waals surface area contributed by atoms with Gasteiger partial charge in [0.15, 0.2) is 5.60 Å². The lowest BCUT2D eigenvalue weighted by molar-refractivity contribution is -0.572. The quantitative estimate of drug-likeness (QED) is 0.710. The maximum Gasteiger partial charge on any atom is 0.223 e. The maximum absolute atomic E-state index is 11.1. The Balaban J connectivity index is 2.04. The van der Waals surface area contributed by atoms with E-state index in [1.807, 2.05) is 0 Å². The molecule has 0 aromatic rings. The van der Waals surface area contributed by atoms with Crippen molar-refractivity contribution in [1.29, 1.82) is 0 Å². The second-order valence-corrected chi connectivity index (χ2v) is 5.52. The first-order chi connectivity index (χ1) is 8.08. The van der Waals surface area contributed by atoms with Gasteiger partial charge in [0, 0.05) is 13.5 Å². The van der Waals surface area contributed by atoms with Gasteiger partial charge in [-0.05, 0) is 44.4 Å². The average Bonchev–Trinajstić information content (AvgIpc) is 2.25. The first-order valence-electron chi connectivity index (χ1n) is 6.45. The molecule has 0 aromatic heterocycles. The van der Waals surface area contributed by atoms with Crippen molar-refractivity contribution in [3.63, 3.8) is 0 Å². The molecule has 1 aliphatic heterocycles. The Bertz CT molecular complexity index is 289. The molecule has 2 rings (SSSR count). The molecular formula is C13H22O4. The number of hydrogen-bond donors (Lipinski definition) is 0.